The first-order chi connectivity index (χ1) is 18.7. The molecule has 3 aliphatic rings. The molecule has 2 N–H and O–H groups in total. The van der Waals surface area contributed by atoms with Crippen LogP contribution in [-0.2, 0) is 20.1 Å². The van der Waals surface area contributed by atoms with Crippen molar-refractivity contribution in [1.82, 2.24) is 4.98 Å². The van der Waals surface area contributed by atoms with Crippen molar-refractivity contribution in [2.45, 2.75) is 110 Å². The molecule has 1 heterocycles. The van der Waals surface area contributed by atoms with Crippen LogP contribution >= 0.6 is 0 Å². The number of hydrogen-bond acceptors (Lipinski definition) is 3. The number of aliphatic hydroxyl groups excluding tert-OH is 2. The second kappa shape index (κ2) is 13.2. The van der Waals surface area contributed by atoms with E-state index in [0.717, 1.165) is 30.0 Å². The SMILES string of the molecule is CC1(C)CCCC2CCCC(C)(C)C(O)C2C1O.[Ir].[c-]1ccccc1-c1cc2cc(C3CCCC3)ccc2cn1. The summed E-state index contributed by atoms with van der Waals surface area (Å²) in [4.78, 5) is 4.57. The van der Waals surface area contributed by atoms with E-state index in [1.54, 1.807) is 0 Å². The van der Waals surface area contributed by atoms with Crippen molar-refractivity contribution in [3.8, 4) is 11.3 Å². The standard InChI is InChI=1S/C20H18N.C16H30O2.Ir/c1-2-8-16(9-3-1)20-13-19-12-17(15-6-4-5-7-15)10-11-18(19)14-21-20;1-15(2)9-5-7-11-8-6-10-16(3,4)14(18)12(11)13(15)17;/h1-3,8,10-15H,4-7H2;11-14,17-18H,5-10H2,1-4H3;/q-1;;. The molecule has 3 fully saturated rings. The van der Waals surface area contributed by atoms with Crippen LogP contribution in [0.5, 0.6) is 0 Å². The summed E-state index contributed by atoms with van der Waals surface area (Å²) in [5.41, 5.74) is 3.45. The predicted molar refractivity (Wildman–Crippen MR) is 161 cm³/mol. The van der Waals surface area contributed by atoms with E-state index in [4.69, 9.17) is 0 Å². The number of aromatic nitrogens is 1. The van der Waals surface area contributed by atoms with E-state index >= 15 is 0 Å². The molecule has 0 spiro atoms. The van der Waals surface area contributed by atoms with Gasteiger partial charge in [-0.25, -0.2) is 0 Å². The largest absolute Gasteiger partial charge is 0.392 e. The zero-order valence-corrected chi connectivity index (χ0v) is 27.2. The molecule has 2 aromatic carbocycles. The summed E-state index contributed by atoms with van der Waals surface area (Å²) in [7, 11) is 0. The summed E-state index contributed by atoms with van der Waals surface area (Å²) in [6, 6.07) is 20.3. The molecule has 3 saturated carbocycles. The maximum atomic E-state index is 10.8. The van der Waals surface area contributed by atoms with Gasteiger partial charge in [0.15, 0.2) is 0 Å². The summed E-state index contributed by atoms with van der Waals surface area (Å²) >= 11 is 0. The summed E-state index contributed by atoms with van der Waals surface area (Å²) in [6.45, 7) is 8.63. The van der Waals surface area contributed by atoms with Gasteiger partial charge in [0.1, 0.15) is 0 Å². The molecule has 3 aliphatic carbocycles. The molecule has 1 aromatic heterocycles. The van der Waals surface area contributed by atoms with Crippen molar-refractivity contribution in [2.24, 2.45) is 22.7 Å². The van der Waals surface area contributed by atoms with Gasteiger partial charge in [0.05, 0.1) is 12.2 Å². The van der Waals surface area contributed by atoms with E-state index in [2.05, 4.69) is 69.1 Å². The first kappa shape index (κ1) is 31.4. The van der Waals surface area contributed by atoms with Crippen LogP contribution in [0.4, 0.5) is 0 Å². The van der Waals surface area contributed by atoms with E-state index in [1.807, 2.05) is 24.4 Å². The van der Waals surface area contributed by atoms with E-state index in [-0.39, 0.29) is 49.1 Å². The number of rotatable bonds is 2. The Bertz CT molecular complexity index is 1210. The number of nitrogens with zero attached hydrogens (tertiary/aromatic N) is 1. The van der Waals surface area contributed by atoms with Crippen LogP contribution in [0.3, 0.4) is 0 Å². The number of aliphatic hydroxyl groups is 2. The van der Waals surface area contributed by atoms with E-state index in [0.29, 0.717) is 5.92 Å². The van der Waals surface area contributed by atoms with Crippen molar-refractivity contribution >= 4 is 10.8 Å². The third-order valence-corrected chi connectivity index (χ3v) is 10.2. The summed E-state index contributed by atoms with van der Waals surface area (Å²) in [5, 5.41) is 24.1. The third-order valence-electron chi connectivity index (χ3n) is 10.2. The molecule has 2 unspecified atom stereocenters. The van der Waals surface area contributed by atoms with Crippen molar-refractivity contribution in [3.63, 3.8) is 0 Å². The predicted octanol–water partition coefficient (Wildman–Crippen LogP) is 8.72. The minimum Gasteiger partial charge on any atom is -0.392 e. The zero-order chi connectivity index (χ0) is 27.6. The van der Waals surface area contributed by atoms with Gasteiger partial charge in [0.25, 0.3) is 0 Å². The Morgan fingerprint density at radius 3 is 2.02 bits per heavy atom. The normalized spacial score (nSPS) is 27.9. The third kappa shape index (κ3) is 6.89. The van der Waals surface area contributed by atoms with Crippen LogP contribution in [0.2, 0.25) is 0 Å². The van der Waals surface area contributed by atoms with Gasteiger partial charge in [-0.1, -0.05) is 77.6 Å². The Hall–Kier alpha value is -1.58. The fourth-order valence-corrected chi connectivity index (χ4v) is 7.57. The maximum Gasteiger partial charge on any atom is 0.0646 e. The molecule has 3 aromatic rings. The number of hydrogen-bond donors (Lipinski definition) is 2. The van der Waals surface area contributed by atoms with E-state index < -0.39 is 0 Å². The molecule has 1 radical (unpaired) electrons. The maximum absolute atomic E-state index is 10.8. The fraction of sp³-hybridized carbons (Fsp3) is 0.583. The van der Waals surface area contributed by atoms with Crippen molar-refractivity contribution in [3.05, 3.63) is 66.4 Å². The Morgan fingerprint density at radius 2 is 1.43 bits per heavy atom. The molecule has 219 valence electrons. The average molecular weight is 719 g/mol. The van der Waals surface area contributed by atoms with Crippen LogP contribution in [0.1, 0.15) is 103 Å². The molecule has 0 bridgehead atoms. The minimum absolute atomic E-state index is 0. The van der Waals surface area contributed by atoms with Gasteiger partial charge in [0, 0.05) is 32.2 Å². The molecule has 6 rings (SSSR count). The molecule has 40 heavy (non-hydrogen) atoms. The van der Waals surface area contributed by atoms with E-state index in [1.165, 1.54) is 67.7 Å². The van der Waals surface area contributed by atoms with Gasteiger partial charge in [0.2, 0.25) is 0 Å². The molecule has 0 amide bonds. The van der Waals surface area contributed by atoms with Gasteiger partial charge in [-0.2, -0.15) is 0 Å². The second-order valence-corrected chi connectivity index (χ2v) is 13.9. The van der Waals surface area contributed by atoms with Gasteiger partial charge >= 0.3 is 0 Å². The van der Waals surface area contributed by atoms with Gasteiger partial charge < -0.3 is 15.2 Å². The fourth-order valence-electron chi connectivity index (χ4n) is 7.57. The quantitative estimate of drug-likeness (QED) is 0.261. The first-order valence-electron chi connectivity index (χ1n) is 15.4. The van der Waals surface area contributed by atoms with Gasteiger partial charge in [-0.3, -0.25) is 0 Å². The summed E-state index contributed by atoms with van der Waals surface area (Å²) in [5.74, 6) is 1.34. The van der Waals surface area contributed by atoms with Gasteiger partial charge in [-0.05, 0) is 83.2 Å². The molecular formula is C36H48IrNO2-. The van der Waals surface area contributed by atoms with E-state index in [9.17, 15) is 10.2 Å². The Kier molecular flexibility index (Phi) is 10.3. The zero-order valence-electron chi connectivity index (χ0n) is 24.8. The van der Waals surface area contributed by atoms with Gasteiger partial charge in [-0.15, -0.1) is 35.9 Å². The van der Waals surface area contributed by atoms with Crippen LogP contribution < -0.4 is 0 Å². The summed E-state index contributed by atoms with van der Waals surface area (Å²) < 4.78 is 0. The summed E-state index contributed by atoms with van der Waals surface area (Å²) in [6.07, 6.45) is 13.6. The molecular weight excluding hydrogens is 671 g/mol. The van der Waals surface area contributed by atoms with Crippen LogP contribution in [-0.4, -0.2) is 27.4 Å². The number of benzene rings is 2. The molecule has 0 aliphatic heterocycles. The Morgan fingerprint density at radius 1 is 0.775 bits per heavy atom. The van der Waals surface area contributed by atoms with Crippen molar-refractivity contribution < 1.29 is 30.3 Å². The average Bonchev–Trinajstić information content (AvgIpc) is 3.41. The molecule has 4 heteroatoms. The van der Waals surface area contributed by atoms with Crippen LogP contribution in [0, 0.1) is 28.7 Å². The molecule has 0 saturated heterocycles. The molecule has 2 atom stereocenters. The van der Waals surface area contributed by atoms with Crippen molar-refractivity contribution in [1.29, 1.82) is 0 Å². The molecule has 3 nitrogen and oxygen atoms in total. The smallest absolute Gasteiger partial charge is 0.0646 e. The monoisotopic (exact) mass is 719 g/mol. The second-order valence-electron chi connectivity index (χ2n) is 13.9. The minimum atomic E-state index is -0.364. The first-order valence-corrected chi connectivity index (χ1v) is 15.4. The Labute approximate surface area is 255 Å². The van der Waals surface area contributed by atoms with Crippen LogP contribution in [0.25, 0.3) is 22.0 Å². The topological polar surface area (TPSA) is 53.4 Å². The Balaban J connectivity index is 0.000000183. The van der Waals surface area contributed by atoms with Crippen LogP contribution in [0.15, 0.2) is 54.7 Å². The van der Waals surface area contributed by atoms with Crippen molar-refractivity contribution in [2.75, 3.05) is 0 Å². The number of fused-ring (bicyclic) bond motifs is 2. The number of pyridine rings is 1.